The van der Waals surface area contributed by atoms with Crippen LogP contribution in [0.1, 0.15) is 41.6 Å². The molecule has 0 saturated heterocycles. The molecule has 1 aromatic carbocycles. The van der Waals surface area contributed by atoms with Gasteiger partial charge in [0.25, 0.3) is 5.91 Å². The van der Waals surface area contributed by atoms with E-state index in [4.69, 9.17) is 0 Å². The van der Waals surface area contributed by atoms with Gasteiger partial charge in [0.2, 0.25) is 0 Å². The summed E-state index contributed by atoms with van der Waals surface area (Å²) >= 11 is 0. The molecule has 1 aliphatic carbocycles. The summed E-state index contributed by atoms with van der Waals surface area (Å²) in [6.07, 6.45) is 9.01. The second-order valence-electron chi connectivity index (χ2n) is 7.40. The molecule has 4 rings (SSSR count). The Labute approximate surface area is 149 Å². The minimum atomic E-state index is -0.326. The summed E-state index contributed by atoms with van der Waals surface area (Å²) in [4.78, 5) is 15.7. The first-order valence-electron chi connectivity index (χ1n) is 9.00. The largest absolute Gasteiger partial charge is 0.377 e. The second kappa shape index (κ2) is 5.80. The van der Waals surface area contributed by atoms with Crippen molar-refractivity contribution in [3.63, 3.8) is 0 Å². The zero-order chi connectivity index (χ0) is 17.6. The van der Waals surface area contributed by atoms with Gasteiger partial charge in [-0.15, -0.1) is 0 Å². The van der Waals surface area contributed by atoms with Crippen LogP contribution in [0.5, 0.6) is 0 Å². The molecular weight excluding hydrogens is 310 g/mol. The Morgan fingerprint density at radius 3 is 2.56 bits per heavy atom. The lowest BCUT2D eigenvalue weighted by atomic mass is 9.70. The van der Waals surface area contributed by atoms with Crippen molar-refractivity contribution in [2.45, 2.75) is 37.6 Å². The van der Waals surface area contributed by atoms with Gasteiger partial charge in [-0.1, -0.05) is 19.1 Å². The summed E-state index contributed by atoms with van der Waals surface area (Å²) in [5.41, 5.74) is 3.96. The van der Waals surface area contributed by atoms with E-state index in [0.29, 0.717) is 0 Å². The monoisotopic (exact) mass is 335 g/mol. The Kier molecular flexibility index (Phi) is 3.71. The molecule has 1 atom stereocenters. The van der Waals surface area contributed by atoms with Crippen LogP contribution < -0.4 is 9.91 Å². The number of carbonyl (C=O) groups excluding carboxylic acids is 1. The van der Waals surface area contributed by atoms with Crippen molar-refractivity contribution < 1.29 is 4.79 Å². The minimum absolute atomic E-state index is 0.0733. The molecule has 0 N–H and O–H groups in total. The van der Waals surface area contributed by atoms with E-state index in [9.17, 15) is 4.79 Å². The van der Waals surface area contributed by atoms with Gasteiger partial charge in [-0.25, -0.2) is 5.01 Å². The first-order valence-corrected chi connectivity index (χ1v) is 9.00. The van der Waals surface area contributed by atoms with Gasteiger partial charge in [-0.3, -0.25) is 9.47 Å². The summed E-state index contributed by atoms with van der Waals surface area (Å²) in [5.74, 6) is 0.0733. The van der Waals surface area contributed by atoms with E-state index < -0.39 is 0 Å². The van der Waals surface area contributed by atoms with Crippen molar-refractivity contribution in [1.82, 2.24) is 4.68 Å². The van der Waals surface area contributed by atoms with Gasteiger partial charge in [0, 0.05) is 44.2 Å². The number of amides is 1. The van der Waals surface area contributed by atoms with Crippen molar-refractivity contribution in [3.05, 3.63) is 66.0 Å². The van der Waals surface area contributed by atoms with Crippen LogP contribution in [0.25, 0.3) is 0 Å². The lowest BCUT2D eigenvalue weighted by Gasteiger charge is -2.51. The van der Waals surface area contributed by atoms with Crippen LogP contribution in [-0.4, -0.2) is 30.2 Å². The van der Waals surface area contributed by atoms with Gasteiger partial charge in [-0.2, -0.15) is 0 Å². The van der Waals surface area contributed by atoms with Gasteiger partial charge in [0.15, 0.2) is 0 Å². The molecule has 0 bridgehead atoms. The average molecular weight is 335 g/mol. The minimum Gasteiger partial charge on any atom is -0.377 e. The van der Waals surface area contributed by atoms with Crippen molar-refractivity contribution >= 4 is 11.6 Å². The Morgan fingerprint density at radius 1 is 1.12 bits per heavy atom. The fourth-order valence-corrected chi connectivity index (χ4v) is 4.47. The Morgan fingerprint density at radius 2 is 1.88 bits per heavy atom. The molecule has 130 valence electrons. The molecule has 1 amide bonds. The fourth-order valence-electron chi connectivity index (χ4n) is 4.47. The van der Waals surface area contributed by atoms with Gasteiger partial charge in [0.1, 0.15) is 0 Å². The fraction of sp³-hybridized carbons (Fsp3) is 0.381. The van der Waals surface area contributed by atoms with Crippen molar-refractivity contribution in [2.24, 2.45) is 0 Å². The van der Waals surface area contributed by atoms with Crippen LogP contribution in [0.15, 0.2) is 54.9 Å². The smallest absolute Gasteiger partial charge is 0.273 e. The molecule has 25 heavy (non-hydrogen) atoms. The predicted molar refractivity (Wildman–Crippen MR) is 102 cm³/mol. The zero-order valence-electron chi connectivity index (χ0n) is 15.0. The zero-order valence-corrected chi connectivity index (χ0v) is 15.0. The van der Waals surface area contributed by atoms with E-state index in [-0.39, 0.29) is 11.4 Å². The predicted octanol–water partition coefficient (Wildman–Crippen LogP) is 3.76. The highest BCUT2D eigenvalue weighted by molar-refractivity contribution is 6.06. The van der Waals surface area contributed by atoms with Crippen LogP contribution in [0.3, 0.4) is 0 Å². The highest BCUT2D eigenvalue weighted by Gasteiger charge is 2.49. The van der Waals surface area contributed by atoms with Crippen LogP contribution in [-0.2, 0) is 6.42 Å². The van der Waals surface area contributed by atoms with Gasteiger partial charge >= 0.3 is 0 Å². The number of nitrogens with zero attached hydrogens (tertiary/aromatic N) is 3. The number of benzene rings is 1. The average Bonchev–Trinajstić information content (AvgIpc) is 3.11. The van der Waals surface area contributed by atoms with E-state index in [2.05, 4.69) is 17.5 Å². The van der Waals surface area contributed by atoms with Crippen LogP contribution in [0.2, 0.25) is 0 Å². The van der Waals surface area contributed by atoms with Gasteiger partial charge in [0.05, 0.1) is 5.54 Å². The molecule has 4 nitrogen and oxygen atoms in total. The number of hydrogen-bond donors (Lipinski definition) is 0. The van der Waals surface area contributed by atoms with Crippen molar-refractivity contribution in [1.29, 1.82) is 0 Å². The van der Waals surface area contributed by atoms with E-state index in [0.717, 1.165) is 48.9 Å². The van der Waals surface area contributed by atoms with E-state index >= 15 is 0 Å². The molecular formula is C21H25N3O. The molecule has 1 spiro atoms. The quantitative estimate of drug-likeness (QED) is 0.782. The summed E-state index contributed by atoms with van der Waals surface area (Å²) < 4.78 is 1.95. The summed E-state index contributed by atoms with van der Waals surface area (Å²) in [7, 11) is 4.08. The summed E-state index contributed by atoms with van der Waals surface area (Å²) in [5, 5.41) is 1.95. The second-order valence-corrected chi connectivity index (χ2v) is 7.40. The number of carbonyl (C=O) groups is 1. The molecule has 2 aromatic rings. The number of fused-ring (bicyclic) bond motifs is 1. The topological polar surface area (TPSA) is 28.5 Å². The first kappa shape index (κ1) is 16.0. The van der Waals surface area contributed by atoms with Crippen LogP contribution >= 0.6 is 0 Å². The number of hydrogen-bond acceptors (Lipinski definition) is 2. The van der Waals surface area contributed by atoms with Gasteiger partial charge < -0.3 is 4.90 Å². The molecule has 1 aromatic heterocycles. The van der Waals surface area contributed by atoms with Gasteiger partial charge in [-0.05, 0) is 54.7 Å². The van der Waals surface area contributed by atoms with Crippen molar-refractivity contribution in [2.75, 3.05) is 24.0 Å². The molecule has 2 aliphatic rings. The van der Waals surface area contributed by atoms with E-state index in [1.165, 1.54) is 5.57 Å². The summed E-state index contributed by atoms with van der Waals surface area (Å²) in [6, 6.07) is 9.99. The lowest BCUT2D eigenvalue weighted by Crippen LogP contribution is -2.63. The third-order valence-corrected chi connectivity index (χ3v) is 5.73. The first-order chi connectivity index (χ1) is 12.0. The van der Waals surface area contributed by atoms with E-state index in [1.807, 2.05) is 60.4 Å². The number of aromatic nitrogens is 1. The third-order valence-electron chi connectivity index (χ3n) is 5.73. The normalized spacial score (nSPS) is 23.0. The number of rotatable bonds is 2. The molecule has 1 fully saturated rings. The highest BCUT2D eigenvalue weighted by atomic mass is 16.2. The maximum absolute atomic E-state index is 13.6. The molecule has 2 heterocycles. The highest BCUT2D eigenvalue weighted by Crippen LogP contribution is 2.45. The molecule has 1 saturated carbocycles. The number of anilines is 1. The molecule has 0 unspecified atom stereocenters. The molecule has 1 aliphatic heterocycles. The lowest BCUT2D eigenvalue weighted by molar-refractivity contribution is 0.0892. The molecule has 4 heteroatoms. The molecule has 0 radical (unpaired) electrons. The van der Waals surface area contributed by atoms with Crippen LogP contribution in [0.4, 0.5) is 5.69 Å². The maximum atomic E-state index is 13.6. The summed E-state index contributed by atoms with van der Waals surface area (Å²) in [6.45, 7) is 4.41. The SMILES string of the molecule is C=C1CCCC[C@@]12Cc1c(cccc1N(C)C)C(=O)N2n1cccc1. The third kappa shape index (κ3) is 2.31. The Balaban J connectivity index is 1.94. The standard InChI is InChI=1S/C21H25N3O/c1-16-9-4-5-12-21(16)15-18-17(10-8-11-19(18)22(2)3)20(25)24(21)23-13-6-7-14-23/h6-8,10-11,13-14H,1,4-5,9,12,15H2,2-3H3/t21-/m1/s1. The van der Waals surface area contributed by atoms with Crippen LogP contribution in [0, 0.1) is 0 Å². The Bertz CT molecular complexity index is 822. The maximum Gasteiger partial charge on any atom is 0.273 e. The van der Waals surface area contributed by atoms with E-state index in [1.54, 1.807) is 0 Å². The Hall–Kier alpha value is -2.49. The van der Waals surface area contributed by atoms with Crippen molar-refractivity contribution in [3.8, 4) is 0 Å².